The number of benzene rings is 2. The number of rotatable bonds is 5. The molecule has 2 unspecified atom stereocenters. The van der Waals surface area contributed by atoms with Gasteiger partial charge in [0.1, 0.15) is 5.82 Å². The van der Waals surface area contributed by atoms with E-state index in [1.807, 2.05) is 11.0 Å². The van der Waals surface area contributed by atoms with Gasteiger partial charge in [-0.2, -0.15) is 13.2 Å². The number of hydrogen-bond acceptors (Lipinski definition) is 3. The van der Waals surface area contributed by atoms with E-state index in [-0.39, 0.29) is 25.1 Å². The Balaban J connectivity index is 1.85. The average Bonchev–Trinajstić information content (AvgIpc) is 3.15. The summed E-state index contributed by atoms with van der Waals surface area (Å²) in [7, 11) is 1.78. The molecule has 0 aliphatic carbocycles. The molecule has 1 amide bonds. The van der Waals surface area contributed by atoms with Crippen LogP contribution in [0.15, 0.2) is 36.4 Å². The van der Waals surface area contributed by atoms with E-state index in [4.69, 9.17) is 27.9 Å². The van der Waals surface area contributed by atoms with Crippen LogP contribution in [0.25, 0.3) is 0 Å². The molecule has 0 spiro atoms. The Morgan fingerprint density at radius 3 is 2.47 bits per heavy atom. The molecule has 1 aliphatic rings. The summed E-state index contributed by atoms with van der Waals surface area (Å²) in [6.45, 7) is 2.84. The van der Waals surface area contributed by atoms with Crippen molar-refractivity contribution in [2.24, 2.45) is 0 Å². The molecule has 1 saturated heterocycles. The summed E-state index contributed by atoms with van der Waals surface area (Å²) in [6.07, 6.45) is -5.20. The lowest BCUT2D eigenvalue weighted by molar-refractivity contribution is -0.140. The number of likely N-dealkylation sites (tertiary alicyclic amines) is 1. The van der Waals surface area contributed by atoms with Crippen LogP contribution in [-0.2, 0) is 17.5 Å². The van der Waals surface area contributed by atoms with E-state index in [0.29, 0.717) is 28.7 Å². The molecule has 2 aromatic rings. The number of carbonyl (C=O) groups is 1. The molecule has 0 radical (unpaired) electrons. The van der Waals surface area contributed by atoms with Gasteiger partial charge in [0, 0.05) is 31.6 Å². The van der Waals surface area contributed by atoms with Gasteiger partial charge in [0.05, 0.1) is 22.2 Å². The van der Waals surface area contributed by atoms with Crippen molar-refractivity contribution in [3.63, 3.8) is 0 Å². The van der Waals surface area contributed by atoms with E-state index in [1.54, 1.807) is 31.0 Å². The average molecular weight is 493 g/mol. The van der Waals surface area contributed by atoms with Crippen molar-refractivity contribution in [1.29, 1.82) is 0 Å². The number of amides is 1. The van der Waals surface area contributed by atoms with E-state index >= 15 is 0 Å². The third-order valence-corrected chi connectivity index (χ3v) is 6.26. The Labute approximate surface area is 193 Å². The summed E-state index contributed by atoms with van der Waals surface area (Å²) in [5.41, 5.74) is -0.0472. The molecule has 3 rings (SSSR count). The molecule has 0 saturated carbocycles. The number of hydrogen-bond donors (Lipinski definition) is 0. The van der Waals surface area contributed by atoms with E-state index in [1.165, 1.54) is 6.07 Å². The molecule has 2 atom stereocenters. The first-order valence-corrected chi connectivity index (χ1v) is 10.7. The Morgan fingerprint density at radius 1 is 1.16 bits per heavy atom. The highest BCUT2D eigenvalue weighted by Gasteiger charge is 2.39. The quantitative estimate of drug-likeness (QED) is 0.465. The summed E-state index contributed by atoms with van der Waals surface area (Å²) in [6, 6.07) is 7.93. The number of ether oxygens (including phenoxy) is 1. The lowest BCUT2D eigenvalue weighted by atomic mass is 9.93. The van der Waals surface area contributed by atoms with E-state index in [0.717, 1.165) is 17.7 Å². The van der Waals surface area contributed by atoms with Crippen molar-refractivity contribution in [2.45, 2.75) is 31.6 Å². The molecular formula is C22H22Cl2F4N2O2. The van der Waals surface area contributed by atoms with Crippen LogP contribution < -0.4 is 0 Å². The van der Waals surface area contributed by atoms with Gasteiger partial charge in [-0.05, 0) is 49.4 Å². The third kappa shape index (κ3) is 5.47. The summed E-state index contributed by atoms with van der Waals surface area (Å²) >= 11 is 12.2. The largest absolute Gasteiger partial charge is 0.450 e. The van der Waals surface area contributed by atoms with Crippen LogP contribution in [0.2, 0.25) is 10.0 Å². The van der Waals surface area contributed by atoms with Gasteiger partial charge in [0.25, 0.3) is 0 Å². The van der Waals surface area contributed by atoms with Gasteiger partial charge in [-0.3, -0.25) is 4.90 Å². The second-order valence-corrected chi connectivity index (χ2v) is 8.49. The van der Waals surface area contributed by atoms with Gasteiger partial charge in [-0.25, -0.2) is 9.18 Å². The van der Waals surface area contributed by atoms with Crippen LogP contribution in [0, 0.1) is 5.82 Å². The highest BCUT2D eigenvalue weighted by molar-refractivity contribution is 6.42. The molecular weight excluding hydrogens is 471 g/mol. The molecule has 174 valence electrons. The number of nitrogens with zero attached hydrogens (tertiary/aromatic N) is 2. The zero-order chi connectivity index (χ0) is 23.6. The molecule has 1 heterocycles. The minimum absolute atomic E-state index is 0.154. The SMILES string of the molecule is CCOC(=O)N1CC(c2ccc(Cl)c(Cl)c2)C(N(C)Cc2ccc(C(F)(F)F)c(F)c2)C1. The summed E-state index contributed by atoms with van der Waals surface area (Å²) in [5, 5.41) is 0.783. The van der Waals surface area contributed by atoms with Crippen molar-refractivity contribution < 1.29 is 27.1 Å². The van der Waals surface area contributed by atoms with Crippen LogP contribution in [0.1, 0.15) is 29.5 Å². The molecule has 4 nitrogen and oxygen atoms in total. The summed E-state index contributed by atoms with van der Waals surface area (Å²) < 4.78 is 57.7. The maximum atomic E-state index is 14.0. The summed E-state index contributed by atoms with van der Waals surface area (Å²) in [4.78, 5) is 15.8. The fraction of sp³-hybridized carbons (Fsp3) is 0.409. The molecule has 0 aromatic heterocycles. The Bertz CT molecular complexity index is 987. The zero-order valence-electron chi connectivity index (χ0n) is 17.4. The molecule has 1 fully saturated rings. The first-order valence-electron chi connectivity index (χ1n) is 9.93. The van der Waals surface area contributed by atoms with Crippen LogP contribution in [0.5, 0.6) is 0 Å². The monoisotopic (exact) mass is 492 g/mol. The first-order chi connectivity index (χ1) is 15.0. The van der Waals surface area contributed by atoms with Gasteiger partial charge in [0.2, 0.25) is 0 Å². The minimum atomic E-state index is -4.75. The zero-order valence-corrected chi connectivity index (χ0v) is 18.9. The highest BCUT2D eigenvalue weighted by atomic mass is 35.5. The topological polar surface area (TPSA) is 32.8 Å². The smallest absolute Gasteiger partial charge is 0.419 e. The van der Waals surface area contributed by atoms with Gasteiger partial charge in [-0.1, -0.05) is 35.3 Å². The van der Waals surface area contributed by atoms with Crippen LogP contribution in [0.3, 0.4) is 0 Å². The lowest BCUT2D eigenvalue weighted by Gasteiger charge is -2.29. The number of alkyl halides is 3. The van der Waals surface area contributed by atoms with Crippen molar-refractivity contribution in [2.75, 3.05) is 26.7 Å². The number of carbonyl (C=O) groups excluding carboxylic acids is 1. The van der Waals surface area contributed by atoms with Crippen molar-refractivity contribution in [3.8, 4) is 0 Å². The predicted molar refractivity (Wildman–Crippen MR) is 114 cm³/mol. The fourth-order valence-corrected chi connectivity index (χ4v) is 4.27. The maximum Gasteiger partial charge on any atom is 0.419 e. The Hall–Kier alpha value is -2.03. The molecule has 10 heteroatoms. The molecule has 0 N–H and O–H groups in total. The van der Waals surface area contributed by atoms with Gasteiger partial charge in [0.15, 0.2) is 0 Å². The second-order valence-electron chi connectivity index (χ2n) is 7.68. The lowest BCUT2D eigenvalue weighted by Crippen LogP contribution is -2.38. The van der Waals surface area contributed by atoms with Crippen molar-refractivity contribution in [1.82, 2.24) is 9.80 Å². The van der Waals surface area contributed by atoms with E-state index < -0.39 is 23.7 Å². The second kappa shape index (κ2) is 9.85. The van der Waals surface area contributed by atoms with E-state index in [9.17, 15) is 22.4 Å². The Morgan fingerprint density at radius 2 is 1.88 bits per heavy atom. The summed E-state index contributed by atoms with van der Waals surface area (Å²) in [5.74, 6) is -1.47. The highest BCUT2D eigenvalue weighted by Crippen LogP contribution is 2.36. The third-order valence-electron chi connectivity index (χ3n) is 5.52. The molecule has 0 bridgehead atoms. The normalized spacial score (nSPS) is 19.0. The minimum Gasteiger partial charge on any atom is -0.450 e. The van der Waals surface area contributed by atoms with Crippen LogP contribution >= 0.6 is 23.2 Å². The number of halogens is 6. The Kier molecular flexibility index (Phi) is 7.57. The van der Waals surface area contributed by atoms with Gasteiger partial charge in [-0.15, -0.1) is 0 Å². The van der Waals surface area contributed by atoms with Crippen molar-refractivity contribution >= 4 is 29.3 Å². The molecule has 32 heavy (non-hydrogen) atoms. The standard InChI is InChI=1S/C22H22Cl2F4N2O2/c1-3-32-21(31)30-11-15(14-5-7-17(23)18(24)9-14)20(12-30)29(2)10-13-4-6-16(19(25)8-13)22(26,27)28/h4-9,15,20H,3,10-12H2,1-2H3. The molecule has 2 aromatic carbocycles. The molecule has 1 aliphatic heterocycles. The van der Waals surface area contributed by atoms with Crippen LogP contribution in [-0.4, -0.2) is 48.7 Å². The fourth-order valence-electron chi connectivity index (χ4n) is 3.96. The van der Waals surface area contributed by atoms with Gasteiger partial charge < -0.3 is 9.64 Å². The van der Waals surface area contributed by atoms with Gasteiger partial charge >= 0.3 is 12.3 Å². The van der Waals surface area contributed by atoms with Crippen LogP contribution in [0.4, 0.5) is 22.4 Å². The number of likely N-dealkylation sites (N-methyl/N-ethyl adjacent to an activating group) is 1. The first kappa shape index (κ1) is 24.6. The van der Waals surface area contributed by atoms with Crippen molar-refractivity contribution in [3.05, 3.63) is 69.0 Å². The predicted octanol–water partition coefficient (Wildman–Crippen LogP) is 6.21. The van der Waals surface area contributed by atoms with E-state index in [2.05, 4.69) is 0 Å². The maximum absolute atomic E-state index is 14.0.